The second-order valence-corrected chi connectivity index (χ2v) is 5.73. The first-order chi connectivity index (χ1) is 9.25. The van der Waals surface area contributed by atoms with Gasteiger partial charge in [-0.1, -0.05) is 6.42 Å². The molecule has 2 aliphatic rings. The van der Waals surface area contributed by atoms with Gasteiger partial charge in [0.1, 0.15) is 0 Å². The molecule has 2 N–H and O–H groups in total. The third kappa shape index (κ3) is 2.52. The molecule has 1 aromatic heterocycles. The number of carbonyl (C=O) groups excluding carboxylic acids is 1. The minimum atomic E-state index is 0.0408. The lowest BCUT2D eigenvalue weighted by Gasteiger charge is -2.17. The first-order valence-corrected chi connectivity index (χ1v) is 7.23. The van der Waals surface area contributed by atoms with Crippen molar-refractivity contribution in [3.8, 4) is 0 Å². The Bertz CT molecular complexity index is 456. The van der Waals surface area contributed by atoms with Crippen LogP contribution in [0, 0.1) is 11.8 Å². The Morgan fingerprint density at radius 2 is 2.47 bits per heavy atom. The van der Waals surface area contributed by atoms with E-state index in [1.54, 1.807) is 6.20 Å². The highest BCUT2D eigenvalue weighted by Gasteiger charge is 2.42. The van der Waals surface area contributed by atoms with Crippen LogP contribution in [0.1, 0.15) is 25.0 Å². The Morgan fingerprint density at radius 3 is 3.26 bits per heavy atom. The Kier molecular flexibility index (Phi) is 3.55. The summed E-state index contributed by atoms with van der Waals surface area (Å²) in [6, 6.07) is 2.03. The SMILES string of the molecule is Cn1nccc1CCNC(=O)C1NCC2CCCC21. The van der Waals surface area contributed by atoms with Crippen LogP contribution in [0.4, 0.5) is 0 Å². The summed E-state index contributed by atoms with van der Waals surface area (Å²) < 4.78 is 1.85. The Balaban J connectivity index is 1.48. The summed E-state index contributed by atoms with van der Waals surface area (Å²) in [6.45, 7) is 1.71. The topological polar surface area (TPSA) is 59.0 Å². The number of nitrogens with one attached hydrogen (secondary N) is 2. The van der Waals surface area contributed by atoms with Gasteiger partial charge in [0, 0.05) is 31.9 Å². The van der Waals surface area contributed by atoms with Crippen LogP contribution < -0.4 is 10.6 Å². The zero-order valence-corrected chi connectivity index (χ0v) is 11.4. The quantitative estimate of drug-likeness (QED) is 0.829. The van der Waals surface area contributed by atoms with Gasteiger partial charge in [-0.15, -0.1) is 0 Å². The number of hydrogen-bond donors (Lipinski definition) is 2. The lowest BCUT2D eigenvalue weighted by molar-refractivity contribution is -0.123. The second-order valence-electron chi connectivity index (χ2n) is 5.73. The fraction of sp³-hybridized carbons (Fsp3) is 0.714. The monoisotopic (exact) mass is 262 g/mol. The van der Waals surface area contributed by atoms with E-state index in [9.17, 15) is 4.79 Å². The molecule has 5 nitrogen and oxygen atoms in total. The van der Waals surface area contributed by atoms with E-state index >= 15 is 0 Å². The van der Waals surface area contributed by atoms with E-state index in [-0.39, 0.29) is 11.9 Å². The molecule has 1 saturated carbocycles. The summed E-state index contributed by atoms with van der Waals surface area (Å²) in [5, 5.41) is 10.6. The number of nitrogens with zero attached hydrogens (tertiary/aromatic N) is 2. The summed E-state index contributed by atoms with van der Waals surface area (Å²) in [4.78, 5) is 12.2. The molecule has 0 radical (unpaired) electrons. The Labute approximate surface area is 113 Å². The molecule has 1 aliphatic carbocycles. The number of carbonyl (C=O) groups is 1. The molecule has 5 heteroatoms. The molecule has 1 amide bonds. The Morgan fingerprint density at radius 1 is 1.58 bits per heavy atom. The Hall–Kier alpha value is -1.36. The van der Waals surface area contributed by atoms with E-state index in [4.69, 9.17) is 0 Å². The van der Waals surface area contributed by atoms with Gasteiger partial charge in [-0.2, -0.15) is 5.10 Å². The number of hydrogen-bond acceptors (Lipinski definition) is 3. The number of fused-ring (bicyclic) bond motifs is 1. The fourth-order valence-corrected chi connectivity index (χ4v) is 3.54. The van der Waals surface area contributed by atoms with Gasteiger partial charge in [0.2, 0.25) is 5.91 Å². The van der Waals surface area contributed by atoms with Crippen LogP contribution in [0.5, 0.6) is 0 Å². The molecule has 104 valence electrons. The number of rotatable bonds is 4. The minimum Gasteiger partial charge on any atom is -0.354 e. The predicted molar refractivity (Wildman–Crippen MR) is 72.5 cm³/mol. The summed E-state index contributed by atoms with van der Waals surface area (Å²) in [6.07, 6.45) is 6.41. The van der Waals surface area contributed by atoms with Crippen LogP contribution in [0.3, 0.4) is 0 Å². The fourth-order valence-electron chi connectivity index (χ4n) is 3.54. The molecule has 3 unspecified atom stereocenters. The van der Waals surface area contributed by atoms with Gasteiger partial charge in [0.05, 0.1) is 6.04 Å². The van der Waals surface area contributed by atoms with Crippen LogP contribution in [-0.4, -0.2) is 34.8 Å². The first kappa shape index (κ1) is 12.7. The van der Waals surface area contributed by atoms with E-state index in [0.717, 1.165) is 24.6 Å². The molecule has 0 aromatic carbocycles. The van der Waals surface area contributed by atoms with Crippen molar-refractivity contribution in [3.63, 3.8) is 0 Å². The molecule has 1 aliphatic heterocycles. The van der Waals surface area contributed by atoms with Gasteiger partial charge < -0.3 is 10.6 Å². The average Bonchev–Trinajstić information content (AvgIpc) is 3.05. The van der Waals surface area contributed by atoms with Gasteiger partial charge in [-0.05, 0) is 37.3 Å². The number of amides is 1. The van der Waals surface area contributed by atoms with E-state index in [0.29, 0.717) is 12.5 Å². The third-order valence-corrected chi connectivity index (χ3v) is 4.63. The highest BCUT2D eigenvalue weighted by molar-refractivity contribution is 5.82. The van der Waals surface area contributed by atoms with Crippen LogP contribution in [0.15, 0.2) is 12.3 Å². The van der Waals surface area contributed by atoms with Gasteiger partial charge >= 0.3 is 0 Å². The number of aryl methyl sites for hydroxylation is 1. The summed E-state index contributed by atoms with van der Waals surface area (Å²) >= 11 is 0. The highest BCUT2D eigenvalue weighted by Crippen LogP contribution is 2.37. The summed E-state index contributed by atoms with van der Waals surface area (Å²) in [7, 11) is 1.93. The lowest BCUT2D eigenvalue weighted by atomic mass is 9.93. The third-order valence-electron chi connectivity index (χ3n) is 4.63. The largest absolute Gasteiger partial charge is 0.354 e. The van der Waals surface area contributed by atoms with Gasteiger partial charge in [0.25, 0.3) is 0 Å². The van der Waals surface area contributed by atoms with Gasteiger partial charge in [-0.3, -0.25) is 9.48 Å². The summed E-state index contributed by atoms with van der Waals surface area (Å²) in [5.41, 5.74) is 1.15. The maximum atomic E-state index is 12.2. The maximum absolute atomic E-state index is 12.2. The molecule has 3 atom stereocenters. The van der Waals surface area contributed by atoms with E-state index < -0.39 is 0 Å². The van der Waals surface area contributed by atoms with Crippen molar-refractivity contribution in [1.82, 2.24) is 20.4 Å². The van der Waals surface area contributed by atoms with Crippen LogP contribution in [-0.2, 0) is 18.3 Å². The molecule has 0 spiro atoms. The van der Waals surface area contributed by atoms with Crippen LogP contribution in [0.25, 0.3) is 0 Å². The maximum Gasteiger partial charge on any atom is 0.237 e. The minimum absolute atomic E-state index is 0.0408. The molecule has 2 fully saturated rings. The van der Waals surface area contributed by atoms with Crippen LogP contribution >= 0.6 is 0 Å². The van der Waals surface area contributed by atoms with Gasteiger partial charge in [0.15, 0.2) is 0 Å². The zero-order chi connectivity index (χ0) is 13.2. The molecule has 2 heterocycles. The summed E-state index contributed by atoms with van der Waals surface area (Å²) in [5.74, 6) is 1.47. The van der Waals surface area contributed by atoms with Crippen molar-refractivity contribution in [1.29, 1.82) is 0 Å². The van der Waals surface area contributed by atoms with Crippen molar-refractivity contribution in [2.75, 3.05) is 13.1 Å². The van der Waals surface area contributed by atoms with E-state index in [2.05, 4.69) is 15.7 Å². The normalized spacial score (nSPS) is 29.4. The van der Waals surface area contributed by atoms with Crippen LogP contribution in [0.2, 0.25) is 0 Å². The standard InChI is InChI=1S/C14H22N4O/c1-18-11(6-8-17-18)5-7-15-14(19)13-12-4-2-3-10(12)9-16-13/h6,8,10,12-13,16H,2-5,7,9H2,1H3,(H,15,19). The van der Waals surface area contributed by atoms with E-state index in [1.807, 2.05) is 17.8 Å². The smallest absolute Gasteiger partial charge is 0.237 e. The lowest BCUT2D eigenvalue weighted by Crippen LogP contribution is -2.44. The average molecular weight is 262 g/mol. The van der Waals surface area contributed by atoms with Crippen molar-refractivity contribution >= 4 is 5.91 Å². The van der Waals surface area contributed by atoms with E-state index in [1.165, 1.54) is 19.3 Å². The molecule has 19 heavy (non-hydrogen) atoms. The molecule has 1 saturated heterocycles. The van der Waals surface area contributed by atoms with Gasteiger partial charge in [-0.25, -0.2) is 0 Å². The van der Waals surface area contributed by atoms with Crippen molar-refractivity contribution in [2.45, 2.75) is 31.7 Å². The van der Waals surface area contributed by atoms with Crippen molar-refractivity contribution in [3.05, 3.63) is 18.0 Å². The molecule has 3 rings (SSSR count). The highest BCUT2D eigenvalue weighted by atomic mass is 16.2. The van der Waals surface area contributed by atoms with Crippen molar-refractivity contribution < 1.29 is 4.79 Å². The molecule has 1 aromatic rings. The molecular formula is C14H22N4O. The second kappa shape index (κ2) is 5.33. The molecular weight excluding hydrogens is 240 g/mol. The first-order valence-electron chi connectivity index (χ1n) is 7.23. The van der Waals surface area contributed by atoms with Crippen molar-refractivity contribution in [2.24, 2.45) is 18.9 Å². The zero-order valence-electron chi connectivity index (χ0n) is 11.4. The molecule has 0 bridgehead atoms. The predicted octanol–water partition coefficient (Wildman–Crippen LogP) is 0.467. The number of aromatic nitrogens is 2.